The van der Waals surface area contributed by atoms with Gasteiger partial charge in [0, 0.05) is 18.8 Å². The Kier molecular flexibility index (Phi) is 4.26. The monoisotopic (exact) mass is 242 g/mol. The number of halogens is 3. The standard InChI is InChI=1S/C12H16BF3N/c1-4-17(9-11(3)13(14,15)16)12-7-5-6-10(2)8-12/h5-8H,3-4,9H2,1-2H3/q-1. The zero-order chi connectivity index (χ0) is 13.1. The minimum atomic E-state index is -4.95. The van der Waals surface area contributed by atoms with Crippen LogP contribution in [0.3, 0.4) is 0 Å². The molecule has 0 atom stereocenters. The average molecular weight is 242 g/mol. The van der Waals surface area contributed by atoms with Crippen LogP contribution in [0.2, 0.25) is 0 Å². The molecular weight excluding hydrogens is 226 g/mol. The van der Waals surface area contributed by atoms with E-state index in [1.807, 2.05) is 38.1 Å². The molecule has 0 aliphatic heterocycles. The Bertz CT molecular complexity index is 401. The molecule has 0 aliphatic carbocycles. The number of rotatable bonds is 5. The molecule has 0 heterocycles. The maximum atomic E-state index is 12.5. The first-order chi connectivity index (χ1) is 7.84. The van der Waals surface area contributed by atoms with Gasteiger partial charge >= 0.3 is 6.98 Å². The van der Waals surface area contributed by atoms with Crippen molar-refractivity contribution in [3.05, 3.63) is 41.9 Å². The molecule has 0 N–H and O–H groups in total. The Labute approximate surface area is 100.0 Å². The zero-order valence-corrected chi connectivity index (χ0v) is 10.1. The van der Waals surface area contributed by atoms with Crippen molar-refractivity contribution in [3.8, 4) is 0 Å². The maximum Gasteiger partial charge on any atom is 0.506 e. The van der Waals surface area contributed by atoms with Gasteiger partial charge in [-0.05, 0) is 31.5 Å². The second kappa shape index (κ2) is 5.30. The number of nitrogens with zero attached hydrogens (tertiary/aromatic N) is 1. The summed E-state index contributed by atoms with van der Waals surface area (Å²) in [5, 5.41) is 0. The molecular formula is C12H16BF3N-. The van der Waals surface area contributed by atoms with Crippen LogP contribution in [0, 0.1) is 6.92 Å². The number of hydrogen-bond acceptors (Lipinski definition) is 1. The summed E-state index contributed by atoms with van der Waals surface area (Å²) in [7, 11) is 0. The molecule has 0 aromatic heterocycles. The summed E-state index contributed by atoms with van der Waals surface area (Å²) in [6.07, 6.45) is 0. The Balaban J connectivity index is 2.83. The molecule has 0 amide bonds. The first-order valence-electron chi connectivity index (χ1n) is 5.53. The van der Waals surface area contributed by atoms with Crippen LogP contribution in [-0.2, 0) is 0 Å². The van der Waals surface area contributed by atoms with E-state index in [1.54, 1.807) is 4.90 Å². The summed E-state index contributed by atoms with van der Waals surface area (Å²) in [5.74, 6) is 0. The SMILES string of the molecule is C=C(CN(CC)c1cccc(C)c1)[B-](F)(F)F. The van der Waals surface area contributed by atoms with Crippen LogP contribution in [0.1, 0.15) is 12.5 Å². The third-order valence-corrected chi connectivity index (χ3v) is 2.61. The van der Waals surface area contributed by atoms with Crippen molar-refractivity contribution in [3.63, 3.8) is 0 Å². The molecule has 0 spiro atoms. The molecule has 1 aromatic carbocycles. The lowest BCUT2D eigenvalue weighted by Gasteiger charge is -2.28. The second-order valence-corrected chi connectivity index (χ2v) is 4.09. The summed E-state index contributed by atoms with van der Waals surface area (Å²) < 4.78 is 37.4. The van der Waals surface area contributed by atoms with Crippen molar-refractivity contribution in [2.45, 2.75) is 13.8 Å². The maximum absolute atomic E-state index is 12.5. The number of aryl methyl sites for hydroxylation is 1. The fourth-order valence-electron chi connectivity index (χ4n) is 1.56. The van der Waals surface area contributed by atoms with E-state index in [9.17, 15) is 12.9 Å². The van der Waals surface area contributed by atoms with E-state index in [0.717, 1.165) is 11.3 Å². The van der Waals surface area contributed by atoms with Crippen molar-refractivity contribution in [2.75, 3.05) is 18.0 Å². The fourth-order valence-corrected chi connectivity index (χ4v) is 1.56. The molecule has 1 nitrogen and oxygen atoms in total. The van der Waals surface area contributed by atoms with Crippen LogP contribution in [0.5, 0.6) is 0 Å². The molecule has 0 bridgehead atoms. The van der Waals surface area contributed by atoms with Crippen molar-refractivity contribution in [1.82, 2.24) is 0 Å². The smallest absolute Gasteiger partial charge is 0.445 e. The highest BCUT2D eigenvalue weighted by Gasteiger charge is 2.27. The van der Waals surface area contributed by atoms with Gasteiger partial charge in [-0.2, -0.15) is 0 Å². The summed E-state index contributed by atoms with van der Waals surface area (Å²) in [4.78, 5) is 1.67. The Morgan fingerprint density at radius 1 is 1.35 bits per heavy atom. The topological polar surface area (TPSA) is 3.24 Å². The molecule has 0 unspecified atom stereocenters. The fraction of sp³-hybridized carbons (Fsp3) is 0.333. The first kappa shape index (κ1) is 13.7. The summed E-state index contributed by atoms with van der Waals surface area (Å²) in [6.45, 7) is 2.28. The van der Waals surface area contributed by atoms with Gasteiger partial charge in [0.25, 0.3) is 0 Å². The average Bonchev–Trinajstić information content (AvgIpc) is 2.24. The predicted octanol–water partition coefficient (Wildman–Crippen LogP) is 3.76. The van der Waals surface area contributed by atoms with E-state index in [1.165, 1.54) is 0 Å². The van der Waals surface area contributed by atoms with E-state index in [4.69, 9.17) is 0 Å². The predicted molar refractivity (Wildman–Crippen MR) is 67.3 cm³/mol. The van der Waals surface area contributed by atoms with Crippen LogP contribution >= 0.6 is 0 Å². The highest BCUT2D eigenvalue weighted by Crippen LogP contribution is 2.22. The normalized spacial score (nSPS) is 11.4. The molecule has 0 fully saturated rings. The molecule has 1 aromatic rings. The number of anilines is 1. The van der Waals surface area contributed by atoms with E-state index in [0.29, 0.717) is 6.54 Å². The molecule has 0 saturated heterocycles. The third kappa shape index (κ3) is 3.84. The Morgan fingerprint density at radius 3 is 2.47 bits per heavy atom. The summed E-state index contributed by atoms with van der Waals surface area (Å²) in [6, 6.07) is 7.45. The van der Waals surface area contributed by atoms with Gasteiger partial charge in [-0.25, -0.2) is 0 Å². The van der Waals surface area contributed by atoms with Crippen LogP contribution in [0.4, 0.5) is 18.6 Å². The van der Waals surface area contributed by atoms with Gasteiger partial charge in [0.2, 0.25) is 0 Å². The van der Waals surface area contributed by atoms with Gasteiger partial charge in [-0.15, -0.1) is 12.1 Å². The summed E-state index contributed by atoms with van der Waals surface area (Å²) in [5.41, 5.74) is 1.17. The molecule has 0 saturated carbocycles. The quantitative estimate of drug-likeness (QED) is 0.710. The van der Waals surface area contributed by atoms with E-state index >= 15 is 0 Å². The summed E-state index contributed by atoms with van der Waals surface area (Å²) >= 11 is 0. The molecule has 17 heavy (non-hydrogen) atoms. The van der Waals surface area contributed by atoms with Gasteiger partial charge < -0.3 is 17.8 Å². The van der Waals surface area contributed by atoms with Crippen molar-refractivity contribution < 1.29 is 12.9 Å². The van der Waals surface area contributed by atoms with Gasteiger partial charge in [0.15, 0.2) is 0 Å². The number of benzene rings is 1. The number of hydrogen-bond donors (Lipinski definition) is 0. The lowest BCUT2D eigenvalue weighted by molar-refractivity contribution is 0.487. The lowest BCUT2D eigenvalue weighted by atomic mass is 9.80. The minimum absolute atomic E-state index is 0.163. The molecule has 94 valence electrons. The number of likely N-dealkylation sites (N-methyl/N-ethyl adjacent to an activating group) is 1. The molecule has 0 radical (unpaired) electrons. The highest BCUT2D eigenvalue weighted by molar-refractivity contribution is 6.66. The van der Waals surface area contributed by atoms with Crippen LogP contribution < -0.4 is 4.90 Å². The van der Waals surface area contributed by atoms with E-state index in [-0.39, 0.29) is 6.54 Å². The van der Waals surface area contributed by atoms with Gasteiger partial charge in [-0.3, -0.25) is 0 Å². The van der Waals surface area contributed by atoms with E-state index in [2.05, 4.69) is 6.58 Å². The largest absolute Gasteiger partial charge is 0.506 e. The minimum Gasteiger partial charge on any atom is -0.445 e. The van der Waals surface area contributed by atoms with Gasteiger partial charge in [0.1, 0.15) is 0 Å². The molecule has 5 heteroatoms. The van der Waals surface area contributed by atoms with Gasteiger partial charge in [0.05, 0.1) is 0 Å². The third-order valence-electron chi connectivity index (χ3n) is 2.61. The van der Waals surface area contributed by atoms with Crippen LogP contribution in [0.25, 0.3) is 0 Å². The zero-order valence-electron chi connectivity index (χ0n) is 10.1. The highest BCUT2D eigenvalue weighted by atomic mass is 19.4. The Hall–Kier alpha value is -1.39. The van der Waals surface area contributed by atoms with Crippen molar-refractivity contribution >= 4 is 12.7 Å². The second-order valence-electron chi connectivity index (χ2n) is 4.09. The first-order valence-corrected chi connectivity index (χ1v) is 5.53. The molecule has 0 aliphatic rings. The van der Waals surface area contributed by atoms with Crippen LogP contribution in [0.15, 0.2) is 36.3 Å². The van der Waals surface area contributed by atoms with Gasteiger partial charge in [-0.1, -0.05) is 12.1 Å². The van der Waals surface area contributed by atoms with E-state index < -0.39 is 12.4 Å². The lowest BCUT2D eigenvalue weighted by Crippen LogP contribution is -2.32. The Morgan fingerprint density at radius 2 is 2.00 bits per heavy atom. The van der Waals surface area contributed by atoms with Crippen molar-refractivity contribution in [1.29, 1.82) is 0 Å². The van der Waals surface area contributed by atoms with Crippen molar-refractivity contribution in [2.24, 2.45) is 0 Å². The molecule has 1 rings (SSSR count). The van der Waals surface area contributed by atoms with Crippen LogP contribution in [-0.4, -0.2) is 20.1 Å².